The molecule has 0 radical (unpaired) electrons. The van der Waals surface area contributed by atoms with Crippen LogP contribution in [0.15, 0.2) is 24.3 Å². The predicted octanol–water partition coefficient (Wildman–Crippen LogP) is 3.45. The second-order valence-corrected chi connectivity index (χ2v) is 7.17. The number of carbonyl (C=O) groups is 1. The maximum atomic E-state index is 12.3. The summed E-state index contributed by atoms with van der Waals surface area (Å²) in [6, 6.07) is 9.46. The number of anilines is 1. The number of carbonyl (C=O) groups excluding carboxylic acids is 1. The summed E-state index contributed by atoms with van der Waals surface area (Å²) in [5.74, 6) is 0.706. The SMILES string of the molecule is CN(C)Cc1cccc(NC(=O)CC2CC3CCC(C2)N3)c1.Cl.Cl. The number of nitrogens with zero attached hydrogens (tertiary/aromatic N) is 1. The number of nitrogens with one attached hydrogen (secondary N) is 2. The van der Waals surface area contributed by atoms with E-state index in [1.807, 2.05) is 12.1 Å². The molecule has 0 spiro atoms. The molecule has 2 atom stereocenters. The van der Waals surface area contributed by atoms with Crippen molar-refractivity contribution in [3.05, 3.63) is 29.8 Å². The van der Waals surface area contributed by atoms with E-state index in [4.69, 9.17) is 0 Å². The van der Waals surface area contributed by atoms with Crippen molar-refractivity contribution in [2.24, 2.45) is 5.92 Å². The van der Waals surface area contributed by atoms with E-state index in [0.29, 0.717) is 24.4 Å². The molecule has 136 valence electrons. The van der Waals surface area contributed by atoms with Crippen LogP contribution in [-0.4, -0.2) is 37.0 Å². The third kappa shape index (κ3) is 5.92. The lowest BCUT2D eigenvalue weighted by atomic mass is 9.89. The average molecular weight is 374 g/mol. The van der Waals surface area contributed by atoms with Gasteiger partial charge in [0.1, 0.15) is 0 Å². The Bertz CT molecular complexity index is 527. The fourth-order valence-corrected chi connectivity index (χ4v) is 3.93. The number of piperidine rings is 1. The normalized spacial score (nSPS) is 24.9. The van der Waals surface area contributed by atoms with Crippen LogP contribution < -0.4 is 10.6 Å². The molecule has 2 aliphatic rings. The number of rotatable bonds is 5. The average Bonchev–Trinajstić information content (AvgIpc) is 2.77. The smallest absolute Gasteiger partial charge is 0.224 e. The fourth-order valence-electron chi connectivity index (χ4n) is 3.93. The van der Waals surface area contributed by atoms with Gasteiger partial charge in [-0.1, -0.05) is 12.1 Å². The van der Waals surface area contributed by atoms with E-state index in [1.54, 1.807) is 0 Å². The Kier molecular flexibility index (Phi) is 8.51. The lowest BCUT2D eigenvalue weighted by Gasteiger charge is -2.28. The number of hydrogen-bond donors (Lipinski definition) is 2. The van der Waals surface area contributed by atoms with Gasteiger partial charge in [-0.15, -0.1) is 24.8 Å². The van der Waals surface area contributed by atoms with E-state index in [2.05, 4.69) is 41.8 Å². The highest BCUT2D eigenvalue weighted by Gasteiger charge is 2.34. The summed E-state index contributed by atoms with van der Waals surface area (Å²) in [6.07, 6.45) is 5.55. The van der Waals surface area contributed by atoms with Crippen LogP contribution in [-0.2, 0) is 11.3 Å². The van der Waals surface area contributed by atoms with Gasteiger partial charge >= 0.3 is 0 Å². The summed E-state index contributed by atoms with van der Waals surface area (Å²) in [5.41, 5.74) is 2.14. The zero-order valence-corrected chi connectivity index (χ0v) is 16.1. The molecule has 2 aliphatic heterocycles. The molecule has 0 aliphatic carbocycles. The molecule has 2 unspecified atom stereocenters. The van der Waals surface area contributed by atoms with Crippen LogP contribution in [0.5, 0.6) is 0 Å². The van der Waals surface area contributed by atoms with Crippen molar-refractivity contribution in [1.82, 2.24) is 10.2 Å². The summed E-state index contributed by atoms with van der Waals surface area (Å²) >= 11 is 0. The fraction of sp³-hybridized carbons (Fsp3) is 0.611. The Morgan fingerprint density at radius 1 is 1.21 bits per heavy atom. The van der Waals surface area contributed by atoms with Gasteiger partial charge in [0.15, 0.2) is 0 Å². The van der Waals surface area contributed by atoms with Crippen molar-refractivity contribution in [2.75, 3.05) is 19.4 Å². The van der Waals surface area contributed by atoms with Crippen LogP contribution in [0.2, 0.25) is 0 Å². The molecule has 2 fully saturated rings. The van der Waals surface area contributed by atoms with E-state index in [9.17, 15) is 4.79 Å². The molecule has 0 saturated carbocycles. The van der Waals surface area contributed by atoms with Gasteiger partial charge in [-0.05, 0) is 63.4 Å². The lowest BCUT2D eigenvalue weighted by molar-refractivity contribution is -0.117. The Hall–Kier alpha value is -0.810. The second-order valence-electron chi connectivity index (χ2n) is 7.17. The second kappa shape index (κ2) is 9.62. The van der Waals surface area contributed by atoms with E-state index in [-0.39, 0.29) is 30.7 Å². The minimum absolute atomic E-state index is 0. The van der Waals surface area contributed by atoms with Crippen LogP contribution in [0.1, 0.15) is 37.7 Å². The first-order valence-electron chi connectivity index (χ1n) is 8.38. The van der Waals surface area contributed by atoms with E-state index >= 15 is 0 Å². The van der Waals surface area contributed by atoms with Crippen LogP contribution >= 0.6 is 24.8 Å². The lowest BCUT2D eigenvalue weighted by Crippen LogP contribution is -2.39. The van der Waals surface area contributed by atoms with Crippen LogP contribution in [0.4, 0.5) is 5.69 Å². The number of hydrogen-bond acceptors (Lipinski definition) is 3. The molecule has 3 rings (SSSR count). The van der Waals surface area contributed by atoms with Gasteiger partial charge in [-0.25, -0.2) is 0 Å². The van der Waals surface area contributed by atoms with Gasteiger partial charge in [0.25, 0.3) is 0 Å². The van der Waals surface area contributed by atoms with Gasteiger partial charge in [-0.3, -0.25) is 4.79 Å². The molecule has 2 saturated heterocycles. The number of benzene rings is 1. The number of fused-ring (bicyclic) bond motifs is 2. The zero-order valence-electron chi connectivity index (χ0n) is 14.5. The molecule has 2 heterocycles. The molecule has 2 bridgehead atoms. The summed E-state index contributed by atoms with van der Waals surface area (Å²) in [4.78, 5) is 14.4. The number of halogens is 2. The highest BCUT2D eigenvalue weighted by atomic mass is 35.5. The first-order valence-corrected chi connectivity index (χ1v) is 8.38. The Morgan fingerprint density at radius 2 is 1.88 bits per heavy atom. The number of amides is 1. The first-order chi connectivity index (χ1) is 10.6. The molecule has 24 heavy (non-hydrogen) atoms. The zero-order chi connectivity index (χ0) is 15.5. The molecule has 0 aromatic heterocycles. The van der Waals surface area contributed by atoms with Gasteiger partial charge in [0, 0.05) is 30.7 Å². The minimum atomic E-state index is 0. The van der Waals surface area contributed by atoms with E-state index < -0.39 is 0 Å². The van der Waals surface area contributed by atoms with Crippen molar-refractivity contribution in [3.63, 3.8) is 0 Å². The largest absolute Gasteiger partial charge is 0.326 e. The van der Waals surface area contributed by atoms with Crippen molar-refractivity contribution in [1.29, 1.82) is 0 Å². The van der Waals surface area contributed by atoms with Crippen molar-refractivity contribution in [2.45, 2.75) is 50.7 Å². The highest BCUT2D eigenvalue weighted by Crippen LogP contribution is 2.32. The molecule has 6 heteroatoms. The van der Waals surface area contributed by atoms with Gasteiger partial charge in [0.05, 0.1) is 0 Å². The molecule has 1 aromatic carbocycles. The van der Waals surface area contributed by atoms with Crippen molar-refractivity contribution in [3.8, 4) is 0 Å². The van der Waals surface area contributed by atoms with Crippen molar-refractivity contribution >= 4 is 36.4 Å². The van der Waals surface area contributed by atoms with Gasteiger partial charge in [0.2, 0.25) is 5.91 Å². The maximum Gasteiger partial charge on any atom is 0.224 e. The van der Waals surface area contributed by atoms with Crippen LogP contribution in [0, 0.1) is 5.92 Å². The first kappa shape index (κ1) is 21.2. The van der Waals surface area contributed by atoms with Crippen molar-refractivity contribution < 1.29 is 4.79 Å². The van der Waals surface area contributed by atoms with E-state index in [1.165, 1.54) is 18.4 Å². The topological polar surface area (TPSA) is 44.4 Å². The Balaban J connectivity index is 0.00000144. The van der Waals surface area contributed by atoms with Gasteiger partial charge in [-0.2, -0.15) is 0 Å². The summed E-state index contributed by atoms with van der Waals surface area (Å²) < 4.78 is 0. The summed E-state index contributed by atoms with van der Waals surface area (Å²) in [5, 5.41) is 6.71. The molecular weight excluding hydrogens is 345 g/mol. The Morgan fingerprint density at radius 3 is 2.50 bits per heavy atom. The molecular formula is C18H29Cl2N3O. The molecule has 1 aromatic rings. The highest BCUT2D eigenvalue weighted by molar-refractivity contribution is 5.90. The molecule has 4 nitrogen and oxygen atoms in total. The summed E-state index contributed by atoms with van der Waals surface area (Å²) in [7, 11) is 4.10. The van der Waals surface area contributed by atoms with Gasteiger partial charge < -0.3 is 15.5 Å². The predicted molar refractivity (Wildman–Crippen MR) is 104 cm³/mol. The molecule has 1 amide bonds. The summed E-state index contributed by atoms with van der Waals surface area (Å²) in [6.45, 7) is 0.890. The minimum Gasteiger partial charge on any atom is -0.326 e. The maximum absolute atomic E-state index is 12.3. The third-order valence-corrected chi connectivity index (χ3v) is 4.75. The quantitative estimate of drug-likeness (QED) is 0.830. The van der Waals surface area contributed by atoms with E-state index in [0.717, 1.165) is 25.1 Å². The third-order valence-electron chi connectivity index (χ3n) is 4.75. The van der Waals surface area contributed by atoms with Crippen LogP contribution in [0.25, 0.3) is 0 Å². The monoisotopic (exact) mass is 373 g/mol. The standard InChI is InChI=1S/C18H27N3O.2ClH/c1-21(2)12-13-4-3-5-15(8-13)20-18(22)11-14-9-16-6-7-17(10-14)19-16;;/h3-5,8,14,16-17,19H,6-7,9-12H2,1-2H3,(H,20,22);2*1H. The molecule has 2 N–H and O–H groups in total. The Labute approximate surface area is 157 Å². The van der Waals surface area contributed by atoms with Crippen LogP contribution in [0.3, 0.4) is 0 Å².